The van der Waals surface area contributed by atoms with E-state index in [1.54, 1.807) is 31.2 Å². The Morgan fingerprint density at radius 2 is 2.14 bits per heavy atom. The predicted octanol–water partition coefficient (Wildman–Crippen LogP) is 2.03. The molecule has 108 valence electrons. The van der Waals surface area contributed by atoms with Crippen molar-refractivity contribution in [3.63, 3.8) is 0 Å². The molecule has 0 aliphatic carbocycles. The third-order valence-electron chi connectivity index (χ3n) is 2.49. The maximum atomic E-state index is 11.7. The summed E-state index contributed by atoms with van der Waals surface area (Å²) in [6.07, 6.45) is -0.782. The highest BCUT2D eigenvalue weighted by atomic mass is 16.5. The molecule has 0 spiro atoms. The van der Waals surface area contributed by atoms with Crippen LogP contribution >= 0.6 is 0 Å². The molecule has 0 saturated heterocycles. The summed E-state index contributed by atoms with van der Waals surface area (Å²) in [6, 6.07) is 8.20. The van der Waals surface area contributed by atoms with E-state index < -0.39 is 12.1 Å². The molecule has 21 heavy (non-hydrogen) atoms. The van der Waals surface area contributed by atoms with Crippen molar-refractivity contribution < 1.29 is 18.8 Å². The predicted molar refractivity (Wildman–Crippen MR) is 70.3 cm³/mol. The van der Waals surface area contributed by atoms with Crippen LogP contribution in [0.15, 0.2) is 28.8 Å². The van der Waals surface area contributed by atoms with Gasteiger partial charge in [0.05, 0.1) is 5.56 Å². The zero-order valence-corrected chi connectivity index (χ0v) is 11.6. The van der Waals surface area contributed by atoms with E-state index in [4.69, 9.17) is 19.3 Å². The van der Waals surface area contributed by atoms with Crippen LogP contribution in [0.3, 0.4) is 0 Å². The average Bonchev–Trinajstić information content (AvgIpc) is 2.91. The van der Waals surface area contributed by atoms with Gasteiger partial charge in [0.1, 0.15) is 11.8 Å². The number of aryl methyl sites for hydroxylation is 1. The number of aromatic nitrogens is 2. The van der Waals surface area contributed by atoms with E-state index in [2.05, 4.69) is 10.1 Å². The van der Waals surface area contributed by atoms with Gasteiger partial charge in [-0.2, -0.15) is 10.2 Å². The average molecular weight is 287 g/mol. The first-order valence-electron chi connectivity index (χ1n) is 6.21. The van der Waals surface area contributed by atoms with Gasteiger partial charge < -0.3 is 14.0 Å². The van der Waals surface area contributed by atoms with Crippen LogP contribution in [0.5, 0.6) is 5.75 Å². The Morgan fingerprint density at radius 1 is 1.43 bits per heavy atom. The molecule has 1 atom stereocenters. The zero-order valence-electron chi connectivity index (χ0n) is 11.6. The van der Waals surface area contributed by atoms with Gasteiger partial charge in [0, 0.05) is 6.92 Å². The molecular weight excluding hydrogens is 274 g/mol. The number of nitriles is 1. The Kier molecular flexibility index (Phi) is 4.51. The largest absolute Gasteiger partial charge is 0.485 e. The number of hydrogen-bond acceptors (Lipinski definition) is 7. The van der Waals surface area contributed by atoms with Crippen molar-refractivity contribution >= 4 is 5.97 Å². The van der Waals surface area contributed by atoms with Gasteiger partial charge in [-0.05, 0) is 31.2 Å². The molecule has 0 saturated carbocycles. The SMILES string of the molecule is Cc1nc(COc2ccc(C(=O)OC(C)C#N)cc2)no1. The van der Waals surface area contributed by atoms with E-state index in [-0.39, 0.29) is 6.61 Å². The summed E-state index contributed by atoms with van der Waals surface area (Å²) < 4.78 is 15.2. The molecule has 0 amide bonds. The normalized spacial score (nSPS) is 11.5. The van der Waals surface area contributed by atoms with Crippen LogP contribution in [0.25, 0.3) is 0 Å². The molecule has 1 aromatic heterocycles. The van der Waals surface area contributed by atoms with E-state index in [1.807, 2.05) is 6.07 Å². The summed E-state index contributed by atoms with van der Waals surface area (Å²) in [5.74, 6) is 0.920. The highest BCUT2D eigenvalue weighted by Crippen LogP contribution is 2.14. The van der Waals surface area contributed by atoms with Crippen LogP contribution in [-0.4, -0.2) is 22.2 Å². The number of nitrogens with zero attached hydrogens (tertiary/aromatic N) is 3. The van der Waals surface area contributed by atoms with E-state index in [9.17, 15) is 4.79 Å². The minimum Gasteiger partial charge on any atom is -0.485 e. The molecule has 1 unspecified atom stereocenters. The number of hydrogen-bond donors (Lipinski definition) is 0. The Morgan fingerprint density at radius 3 is 2.71 bits per heavy atom. The van der Waals surface area contributed by atoms with Gasteiger partial charge in [0.15, 0.2) is 12.7 Å². The van der Waals surface area contributed by atoms with Crippen molar-refractivity contribution in [2.45, 2.75) is 26.6 Å². The summed E-state index contributed by atoms with van der Waals surface area (Å²) in [7, 11) is 0. The lowest BCUT2D eigenvalue weighted by Gasteiger charge is -2.07. The minimum atomic E-state index is -0.782. The van der Waals surface area contributed by atoms with Gasteiger partial charge >= 0.3 is 5.97 Å². The molecule has 1 aromatic carbocycles. The van der Waals surface area contributed by atoms with E-state index in [0.717, 1.165) is 0 Å². The second kappa shape index (κ2) is 6.52. The monoisotopic (exact) mass is 287 g/mol. The molecule has 7 nitrogen and oxygen atoms in total. The Bertz CT molecular complexity index is 658. The fourth-order valence-electron chi connectivity index (χ4n) is 1.49. The number of ether oxygens (including phenoxy) is 2. The van der Waals surface area contributed by atoms with E-state index in [1.165, 1.54) is 6.92 Å². The van der Waals surface area contributed by atoms with E-state index >= 15 is 0 Å². The minimum absolute atomic E-state index is 0.173. The topological polar surface area (TPSA) is 98.2 Å². The van der Waals surface area contributed by atoms with Crippen LogP contribution in [0.1, 0.15) is 29.0 Å². The lowest BCUT2D eigenvalue weighted by molar-refractivity contribution is 0.0435. The number of rotatable bonds is 5. The Labute approximate surface area is 121 Å². The van der Waals surface area contributed by atoms with Gasteiger partial charge in [-0.3, -0.25) is 0 Å². The molecule has 2 rings (SSSR count). The molecule has 0 N–H and O–H groups in total. The molecular formula is C14H13N3O4. The Balaban J connectivity index is 1.92. The standard InChI is InChI=1S/C14H13N3O4/c1-9(7-15)20-14(18)11-3-5-12(6-4-11)19-8-13-16-10(2)21-17-13/h3-6,9H,8H2,1-2H3. The number of esters is 1. The van der Waals surface area contributed by atoms with Gasteiger partial charge in [0.25, 0.3) is 0 Å². The maximum absolute atomic E-state index is 11.7. The third kappa shape index (κ3) is 4.04. The molecule has 0 aliphatic heterocycles. The molecule has 0 radical (unpaired) electrons. The molecule has 7 heteroatoms. The van der Waals surface area contributed by atoms with Crippen molar-refractivity contribution in [3.8, 4) is 11.8 Å². The Hall–Kier alpha value is -2.88. The van der Waals surface area contributed by atoms with Gasteiger partial charge in [0.2, 0.25) is 11.7 Å². The van der Waals surface area contributed by atoms with Crippen LogP contribution in [0.4, 0.5) is 0 Å². The first-order valence-corrected chi connectivity index (χ1v) is 6.21. The fourth-order valence-corrected chi connectivity index (χ4v) is 1.49. The van der Waals surface area contributed by atoms with Crippen LogP contribution in [0, 0.1) is 18.3 Å². The van der Waals surface area contributed by atoms with Crippen molar-refractivity contribution in [2.24, 2.45) is 0 Å². The highest BCUT2D eigenvalue weighted by Gasteiger charge is 2.11. The number of carbonyl (C=O) groups is 1. The molecule has 0 aliphatic rings. The van der Waals surface area contributed by atoms with Crippen LogP contribution in [-0.2, 0) is 11.3 Å². The second-order valence-electron chi connectivity index (χ2n) is 4.22. The highest BCUT2D eigenvalue weighted by molar-refractivity contribution is 5.89. The third-order valence-corrected chi connectivity index (χ3v) is 2.49. The van der Waals surface area contributed by atoms with Crippen molar-refractivity contribution in [1.29, 1.82) is 5.26 Å². The first kappa shape index (κ1) is 14.5. The van der Waals surface area contributed by atoms with E-state index in [0.29, 0.717) is 23.0 Å². The second-order valence-corrected chi connectivity index (χ2v) is 4.22. The number of carbonyl (C=O) groups excluding carboxylic acids is 1. The van der Waals surface area contributed by atoms with Crippen LogP contribution < -0.4 is 4.74 Å². The van der Waals surface area contributed by atoms with Gasteiger partial charge in [-0.1, -0.05) is 5.16 Å². The fraction of sp³-hybridized carbons (Fsp3) is 0.286. The summed E-state index contributed by atoms with van der Waals surface area (Å²) in [5, 5.41) is 12.3. The maximum Gasteiger partial charge on any atom is 0.339 e. The van der Waals surface area contributed by atoms with Crippen LogP contribution in [0.2, 0.25) is 0 Å². The molecule has 2 aromatic rings. The van der Waals surface area contributed by atoms with Gasteiger partial charge in [-0.15, -0.1) is 0 Å². The summed E-state index contributed by atoms with van der Waals surface area (Å²) in [4.78, 5) is 15.7. The lowest BCUT2D eigenvalue weighted by atomic mass is 10.2. The molecule has 0 fully saturated rings. The molecule has 0 bridgehead atoms. The lowest BCUT2D eigenvalue weighted by Crippen LogP contribution is -2.12. The molecule has 1 heterocycles. The van der Waals surface area contributed by atoms with Crippen molar-refractivity contribution in [1.82, 2.24) is 10.1 Å². The summed E-state index contributed by atoms with van der Waals surface area (Å²) >= 11 is 0. The quantitative estimate of drug-likeness (QED) is 0.776. The van der Waals surface area contributed by atoms with Crippen molar-refractivity contribution in [2.75, 3.05) is 0 Å². The van der Waals surface area contributed by atoms with Crippen molar-refractivity contribution in [3.05, 3.63) is 41.5 Å². The zero-order chi connectivity index (χ0) is 15.2. The number of benzene rings is 1. The summed E-state index contributed by atoms with van der Waals surface area (Å²) in [6.45, 7) is 3.37. The first-order chi connectivity index (χ1) is 10.1. The summed E-state index contributed by atoms with van der Waals surface area (Å²) in [5.41, 5.74) is 0.347. The van der Waals surface area contributed by atoms with Gasteiger partial charge in [-0.25, -0.2) is 4.79 Å². The smallest absolute Gasteiger partial charge is 0.339 e.